The SMILES string of the molecule is CCC(N)C(SC(C)C)c1cccc(Br)c1. The van der Waals surface area contributed by atoms with Crippen LogP contribution in [-0.2, 0) is 0 Å². The highest BCUT2D eigenvalue weighted by Crippen LogP contribution is 2.36. The molecular formula is C13H20BrNS. The van der Waals surface area contributed by atoms with E-state index in [9.17, 15) is 0 Å². The Morgan fingerprint density at radius 3 is 2.56 bits per heavy atom. The van der Waals surface area contributed by atoms with Crippen molar-refractivity contribution in [3.8, 4) is 0 Å². The second-order valence-corrected chi connectivity index (χ2v) is 6.87. The molecule has 2 atom stereocenters. The molecule has 2 N–H and O–H groups in total. The second kappa shape index (κ2) is 6.67. The Hall–Kier alpha value is 0.01000. The predicted molar refractivity (Wildman–Crippen MR) is 77.9 cm³/mol. The summed E-state index contributed by atoms with van der Waals surface area (Å²) in [7, 11) is 0. The Morgan fingerprint density at radius 1 is 1.38 bits per heavy atom. The van der Waals surface area contributed by atoms with Gasteiger partial charge >= 0.3 is 0 Å². The molecular weight excluding hydrogens is 282 g/mol. The van der Waals surface area contributed by atoms with Crippen molar-refractivity contribution in [3.63, 3.8) is 0 Å². The molecule has 90 valence electrons. The van der Waals surface area contributed by atoms with E-state index in [2.05, 4.69) is 61.0 Å². The van der Waals surface area contributed by atoms with E-state index in [0.717, 1.165) is 10.9 Å². The van der Waals surface area contributed by atoms with E-state index in [1.165, 1.54) is 5.56 Å². The lowest BCUT2D eigenvalue weighted by Crippen LogP contribution is -2.26. The highest BCUT2D eigenvalue weighted by atomic mass is 79.9. The van der Waals surface area contributed by atoms with E-state index in [-0.39, 0.29) is 6.04 Å². The zero-order chi connectivity index (χ0) is 12.1. The number of halogens is 1. The van der Waals surface area contributed by atoms with Crippen LogP contribution in [-0.4, -0.2) is 11.3 Å². The van der Waals surface area contributed by atoms with E-state index in [1.807, 2.05) is 11.8 Å². The zero-order valence-corrected chi connectivity index (χ0v) is 12.5. The number of benzene rings is 1. The lowest BCUT2D eigenvalue weighted by atomic mass is 10.0. The molecule has 0 radical (unpaired) electrons. The largest absolute Gasteiger partial charge is 0.326 e. The summed E-state index contributed by atoms with van der Waals surface area (Å²) in [6.07, 6.45) is 1.01. The summed E-state index contributed by atoms with van der Waals surface area (Å²) in [5, 5.41) is 0.990. The van der Waals surface area contributed by atoms with Gasteiger partial charge in [-0.25, -0.2) is 0 Å². The molecule has 1 rings (SSSR count). The van der Waals surface area contributed by atoms with Gasteiger partial charge in [0.1, 0.15) is 0 Å². The van der Waals surface area contributed by atoms with E-state index in [0.29, 0.717) is 10.5 Å². The molecule has 0 saturated heterocycles. The van der Waals surface area contributed by atoms with Crippen LogP contribution >= 0.6 is 27.7 Å². The molecule has 0 saturated carbocycles. The third kappa shape index (κ3) is 4.11. The van der Waals surface area contributed by atoms with Gasteiger partial charge in [-0.1, -0.05) is 48.8 Å². The first-order chi connectivity index (χ1) is 7.54. The van der Waals surface area contributed by atoms with Crippen molar-refractivity contribution < 1.29 is 0 Å². The Kier molecular flexibility index (Phi) is 5.87. The van der Waals surface area contributed by atoms with Gasteiger partial charge in [-0.05, 0) is 29.4 Å². The first kappa shape index (κ1) is 14.1. The maximum Gasteiger partial charge on any atom is 0.0451 e. The van der Waals surface area contributed by atoms with Crippen molar-refractivity contribution in [2.45, 2.75) is 43.7 Å². The van der Waals surface area contributed by atoms with E-state index in [1.54, 1.807) is 0 Å². The van der Waals surface area contributed by atoms with E-state index in [4.69, 9.17) is 5.73 Å². The molecule has 1 aromatic rings. The smallest absolute Gasteiger partial charge is 0.0451 e. The summed E-state index contributed by atoms with van der Waals surface area (Å²) in [5.41, 5.74) is 7.53. The van der Waals surface area contributed by atoms with Crippen molar-refractivity contribution in [3.05, 3.63) is 34.3 Å². The van der Waals surface area contributed by atoms with Crippen LogP contribution in [0.25, 0.3) is 0 Å². The van der Waals surface area contributed by atoms with Crippen molar-refractivity contribution in [1.82, 2.24) is 0 Å². The van der Waals surface area contributed by atoms with Gasteiger partial charge in [0.15, 0.2) is 0 Å². The fraction of sp³-hybridized carbons (Fsp3) is 0.538. The minimum absolute atomic E-state index is 0.224. The van der Waals surface area contributed by atoms with Gasteiger partial charge in [-0.3, -0.25) is 0 Å². The Balaban J connectivity index is 2.91. The average molecular weight is 302 g/mol. The van der Waals surface area contributed by atoms with Gasteiger partial charge in [0.2, 0.25) is 0 Å². The first-order valence-electron chi connectivity index (χ1n) is 5.71. The molecule has 0 spiro atoms. The molecule has 0 amide bonds. The number of thioether (sulfide) groups is 1. The maximum absolute atomic E-state index is 6.21. The molecule has 0 fully saturated rings. The Labute approximate surface area is 111 Å². The van der Waals surface area contributed by atoms with Crippen LogP contribution in [0.2, 0.25) is 0 Å². The summed E-state index contributed by atoms with van der Waals surface area (Å²) in [6, 6.07) is 8.70. The molecule has 0 heterocycles. The molecule has 16 heavy (non-hydrogen) atoms. The molecule has 0 aliphatic heterocycles. The maximum atomic E-state index is 6.21. The molecule has 0 bridgehead atoms. The molecule has 1 aromatic carbocycles. The van der Waals surface area contributed by atoms with Gasteiger partial charge in [0, 0.05) is 15.8 Å². The van der Waals surface area contributed by atoms with Crippen LogP contribution in [0.3, 0.4) is 0 Å². The molecule has 0 aromatic heterocycles. The summed E-state index contributed by atoms with van der Waals surface area (Å²) in [5.74, 6) is 0. The van der Waals surface area contributed by atoms with Crippen molar-refractivity contribution >= 4 is 27.7 Å². The third-order valence-corrected chi connectivity index (χ3v) is 4.41. The van der Waals surface area contributed by atoms with Gasteiger partial charge in [0.05, 0.1) is 0 Å². The minimum atomic E-state index is 0.224. The highest BCUT2D eigenvalue weighted by molar-refractivity contribution is 9.10. The molecule has 0 aliphatic rings. The van der Waals surface area contributed by atoms with Gasteiger partial charge in [-0.2, -0.15) is 0 Å². The lowest BCUT2D eigenvalue weighted by molar-refractivity contribution is 0.632. The van der Waals surface area contributed by atoms with Crippen LogP contribution in [0.5, 0.6) is 0 Å². The van der Waals surface area contributed by atoms with Gasteiger partial charge in [0.25, 0.3) is 0 Å². The lowest BCUT2D eigenvalue weighted by Gasteiger charge is -2.25. The molecule has 0 aliphatic carbocycles. The Bertz CT molecular complexity index is 327. The summed E-state index contributed by atoms with van der Waals surface area (Å²) >= 11 is 5.47. The van der Waals surface area contributed by atoms with Gasteiger partial charge in [-0.15, -0.1) is 11.8 Å². The minimum Gasteiger partial charge on any atom is -0.326 e. The third-order valence-electron chi connectivity index (χ3n) is 2.46. The Morgan fingerprint density at radius 2 is 2.06 bits per heavy atom. The molecule has 2 unspecified atom stereocenters. The van der Waals surface area contributed by atoms with Crippen LogP contribution in [0.4, 0.5) is 0 Å². The fourth-order valence-electron chi connectivity index (χ4n) is 1.62. The van der Waals surface area contributed by atoms with Crippen LogP contribution in [0.1, 0.15) is 38.0 Å². The van der Waals surface area contributed by atoms with Crippen molar-refractivity contribution in [2.24, 2.45) is 5.73 Å². The average Bonchev–Trinajstić information content (AvgIpc) is 2.24. The van der Waals surface area contributed by atoms with E-state index < -0.39 is 0 Å². The van der Waals surface area contributed by atoms with Crippen LogP contribution in [0, 0.1) is 0 Å². The quantitative estimate of drug-likeness (QED) is 0.874. The van der Waals surface area contributed by atoms with E-state index >= 15 is 0 Å². The van der Waals surface area contributed by atoms with Crippen LogP contribution in [0.15, 0.2) is 28.7 Å². The second-order valence-electron chi connectivity index (χ2n) is 4.23. The molecule has 3 heteroatoms. The summed E-state index contributed by atoms with van der Waals surface area (Å²) < 4.78 is 1.13. The van der Waals surface area contributed by atoms with Crippen molar-refractivity contribution in [1.29, 1.82) is 0 Å². The highest BCUT2D eigenvalue weighted by Gasteiger charge is 2.20. The topological polar surface area (TPSA) is 26.0 Å². The number of rotatable bonds is 5. The zero-order valence-electron chi connectivity index (χ0n) is 10.1. The standard InChI is InChI=1S/C13H20BrNS/c1-4-12(15)13(16-9(2)3)10-6-5-7-11(14)8-10/h5-9,12-13H,4,15H2,1-3H3. The van der Waals surface area contributed by atoms with Crippen LogP contribution < -0.4 is 5.73 Å². The predicted octanol–water partition coefficient (Wildman–Crippen LogP) is 4.37. The number of hydrogen-bond acceptors (Lipinski definition) is 2. The van der Waals surface area contributed by atoms with Crippen molar-refractivity contribution in [2.75, 3.05) is 0 Å². The first-order valence-corrected chi connectivity index (χ1v) is 7.44. The number of nitrogens with two attached hydrogens (primary N) is 1. The normalized spacial score (nSPS) is 15.1. The summed E-state index contributed by atoms with van der Waals surface area (Å²) in [6.45, 7) is 6.59. The summed E-state index contributed by atoms with van der Waals surface area (Å²) in [4.78, 5) is 0. The van der Waals surface area contributed by atoms with Gasteiger partial charge < -0.3 is 5.73 Å². The fourth-order valence-corrected chi connectivity index (χ4v) is 3.32. The number of hydrogen-bond donors (Lipinski definition) is 1. The molecule has 1 nitrogen and oxygen atoms in total. The monoisotopic (exact) mass is 301 g/mol.